The van der Waals surface area contributed by atoms with Gasteiger partial charge in [0.1, 0.15) is 11.5 Å². The molecular weight excluding hydrogens is 442 g/mol. The van der Waals surface area contributed by atoms with Crippen molar-refractivity contribution in [3.63, 3.8) is 0 Å². The third-order valence-corrected chi connectivity index (χ3v) is 13.7. The number of hydrogen-bond donors (Lipinski definition) is 0. The maximum Gasteiger partial charge on any atom is 0.338 e. The lowest BCUT2D eigenvalue weighted by atomic mass is 10.2. The molecular formula is C25H26O5P2. The molecule has 0 radical (unpaired) electrons. The number of carbonyl (C=O) groups excluding carboxylic acids is 1. The van der Waals surface area contributed by atoms with E-state index < -0.39 is 32.0 Å². The standard InChI is InChI=1S/C25H26O5P2/c1-2-29-31(27)19-18-23(30-24(26)20-12-6-3-7-13-20)25(31)32(28,21-14-8-4-9-15-21)22-16-10-5-11-17-22/h3-17,23,25H,2,18-19H2,1H3. The summed E-state index contributed by atoms with van der Waals surface area (Å²) in [5.41, 5.74) is 0.402. The molecule has 32 heavy (non-hydrogen) atoms. The molecule has 0 amide bonds. The van der Waals surface area contributed by atoms with E-state index in [0.717, 1.165) is 0 Å². The van der Waals surface area contributed by atoms with Crippen LogP contribution in [0.4, 0.5) is 0 Å². The van der Waals surface area contributed by atoms with Crippen LogP contribution in [0.25, 0.3) is 0 Å². The first-order chi connectivity index (χ1) is 15.5. The summed E-state index contributed by atoms with van der Waals surface area (Å²) in [5.74, 6) is -0.516. The van der Waals surface area contributed by atoms with Crippen LogP contribution in [0, 0.1) is 0 Å². The molecule has 3 unspecified atom stereocenters. The van der Waals surface area contributed by atoms with Gasteiger partial charge in [0.2, 0.25) is 7.37 Å². The lowest BCUT2D eigenvalue weighted by Crippen LogP contribution is -2.34. The molecule has 1 heterocycles. The molecule has 0 aromatic heterocycles. The van der Waals surface area contributed by atoms with E-state index in [4.69, 9.17) is 9.26 Å². The van der Waals surface area contributed by atoms with E-state index in [-0.39, 0.29) is 12.8 Å². The summed E-state index contributed by atoms with van der Waals surface area (Å²) in [5, 5.41) is 0.227. The van der Waals surface area contributed by atoms with Crippen molar-refractivity contribution < 1.29 is 23.2 Å². The van der Waals surface area contributed by atoms with Crippen LogP contribution in [0.5, 0.6) is 0 Å². The van der Waals surface area contributed by atoms with Crippen molar-refractivity contribution in [3.05, 3.63) is 96.6 Å². The van der Waals surface area contributed by atoms with E-state index in [1.54, 1.807) is 55.5 Å². The van der Waals surface area contributed by atoms with Crippen LogP contribution in [-0.2, 0) is 18.4 Å². The number of benzene rings is 3. The Bertz CT molecular complexity index is 1110. The van der Waals surface area contributed by atoms with Gasteiger partial charge in [0, 0.05) is 16.8 Å². The Balaban J connectivity index is 1.83. The predicted octanol–water partition coefficient (Wildman–Crippen LogP) is 5.27. The molecule has 3 aromatic carbocycles. The smallest absolute Gasteiger partial charge is 0.338 e. The average molecular weight is 468 g/mol. The molecule has 0 bridgehead atoms. The first-order valence-corrected chi connectivity index (χ1v) is 14.3. The molecule has 3 aromatic rings. The van der Waals surface area contributed by atoms with Gasteiger partial charge < -0.3 is 13.8 Å². The highest BCUT2D eigenvalue weighted by Crippen LogP contribution is 2.73. The van der Waals surface area contributed by atoms with E-state index >= 15 is 0 Å². The van der Waals surface area contributed by atoms with Crippen LogP contribution < -0.4 is 10.6 Å². The summed E-state index contributed by atoms with van der Waals surface area (Å²) < 4.78 is 40.8. The second-order valence-corrected chi connectivity index (χ2v) is 13.7. The highest BCUT2D eigenvalue weighted by atomic mass is 31.2. The van der Waals surface area contributed by atoms with Crippen molar-refractivity contribution in [3.8, 4) is 0 Å². The SMILES string of the molecule is CCOP1(=O)CCC(OC(=O)c2ccccc2)C1P(=O)(c1ccccc1)c1ccccc1. The number of hydrogen-bond acceptors (Lipinski definition) is 5. The minimum atomic E-state index is -3.49. The first-order valence-electron chi connectivity index (χ1n) is 10.7. The van der Waals surface area contributed by atoms with E-state index in [0.29, 0.717) is 22.6 Å². The van der Waals surface area contributed by atoms with Crippen LogP contribution in [0.1, 0.15) is 23.7 Å². The minimum absolute atomic E-state index is 0.224. The monoisotopic (exact) mass is 468 g/mol. The normalized spacial score (nSPS) is 23.0. The largest absolute Gasteiger partial charge is 0.457 e. The molecule has 0 aliphatic carbocycles. The Morgan fingerprint density at radius 1 is 0.906 bits per heavy atom. The van der Waals surface area contributed by atoms with Crippen molar-refractivity contribution in [1.82, 2.24) is 0 Å². The van der Waals surface area contributed by atoms with Crippen LogP contribution in [0.3, 0.4) is 0 Å². The molecule has 1 aliphatic heterocycles. The molecule has 0 N–H and O–H groups in total. The molecule has 0 saturated carbocycles. The van der Waals surface area contributed by atoms with E-state index in [1.165, 1.54) is 0 Å². The zero-order valence-corrected chi connectivity index (χ0v) is 19.7. The maximum atomic E-state index is 15.0. The Kier molecular flexibility index (Phi) is 6.81. The molecule has 1 saturated heterocycles. The average Bonchev–Trinajstić information content (AvgIpc) is 3.16. The topological polar surface area (TPSA) is 69.7 Å². The summed E-state index contributed by atoms with van der Waals surface area (Å²) in [4.78, 5) is 12.9. The molecule has 4 rings (SSSR count). The number of carbonyl (C=O) groups is 1. The van der Waals surface area contributed by atoms with Crippen molar-refractivity contribution in [2.24, 2.45) is 0 Å². The lowest BCUT2D eigenvalue weighted by Gasteiger charge is -2.33. The van der Waals surface area contributed by atoms with Gasteiger partial charge in [-0.2, -0.15) is 0 Å². The summed E-state index contributed by atoms with van der Waals surface area (Å²) in [6.07, 6.45) is -0.224. The summed E-state index contributed by atoms with van der Waals surface area (Å²) in [7, 11) is -6.87. The Morgan fingerprint density at radius 3 is 1.91 bits per heavy atom. The maximum absolute atomic E-state index is 15.0. The molecule has 7 heteroatoms. The van der Waals surface area contributed by atoms with Crippen molar-refractivity contribution >= 4 is 31.1 Å². The zero-order chi connectivity index (χ0) is 22.6. The number of esters is 1. The van der Waals surface area contributed by atoms with Crippen LogP contribution in [-0.4, -0.2) is 30.2 Å². The predicted molar refractivity (Wildman–Crippen MR) is 128 cm³/mol. The van der Waals surface area contributed by atoms with Gasteiger partial charge in [-0.05, 0) is 25.5 Å². The zero-order valence-electron chi connectivity index (χ0n) is 17.9. The minimum Gasteiger partial charge on any atom is -0.457 e. The fraction of sp³-hybridized carbons (Fsp3) is 0.240. The van der Waals surface area contributed by atoms with Gasteiger partial charge in [0.25, 0.3) is 0 Å². The summed E-state index contributed by atoms with van der Waals surface area (Å²) in [6, 6.07) is 26.8. The van der Waals surface area contributed by atoms with Gasteiger partial charge >= 0.3 is 5.97 Å². The van der Waals surface area contributed by atoms with Gasteiger partial charge in [-0.1, -0.05) is 78.9 Å². The Labute approximate surface area is 188 Å². The van der Waals surface area contributed by atoms with Crippen LogP contribution in [0.15, 0.2) is 91.0 Å². The Morgan fingerprint density at radius 2 is 1.41 bits per heavy atom. The van der Waals surface area contributed by atoms with Gasteiger partial charge in [-0.3, -0.25) is 4.57 Å². The summed E-state index contributed by atoms with van der Waals surface area (Å²) >= 11 is 0. The molecule has 5 nitrogen and oxygen atoms in total. The van der Waals surface area contributed by atoms with Gasteiger partial charge in [-0.25, -0.2) is 4.79 Å². The second-order valence-electron chi connectivity index (χ2n) is 7.71. The molecule has 1 fully saturated rings. The highest BCUT2D eigenvalue weighted by molar-refractivity contribution is 7.89. The van der Waals surface area contributed by atoms with Crippen LogP contribution in [0.2, 0.25) is 0 Å². The van der Waals surface area contributed by atoms with E-state index in [1.807, 2.05) is 42.5 Å². The molecule has 3 atom stereocenters. The number of rotatable bonds is 7. The number of ether oxygens (including phenoxy) is 1. The van der Waals surface area contributed by atoms with Crippen molar-refractivity contribution in [2.75, 3.05) is 12.8 Å². The lowest BCUT2D eigenvalue weighted by molar-refractivity contribution is 0.0337. The van der Waals surface area contributed by atoms with Crippen molar-refractivity contribution in [1.29, 1.82) is 0 Å². The summed E-state index contributed by atoms with van der Waals surface area (Å²) in [6.45, 7) is 2.01. The highest BCUT2D eigenvalue weighted by Gasteiger charge is 2.58. The fourth-order valence-electron chi connectivity index (χ4n) is 4.34. The van der Waals surface area contributed by atoms with Gasteiger partial charge in [-0.15, -0.1) is 0 Å². The van der Waals surface area contributed by atoms with E-state index in [2.05, 4.69) is 0 Å². The quantitative estimate of drug-likeness (QED) is 0.349. The van der Waals surface area contributed by atoms with Crippen molar-refractivity contribution in [2.45, 2.75) is 24.8 Å². The first kappa shape index (κ1) is 22.7. The molecule has 1 aliphatic rings. The Hall–Kier alpha value is -2.45. The molecule has 166 valence electrons. The van der Waals surface area contributed by atoms with Gasteiger partial charge in [0.15, 0.2) is 7.14 Å². The fourth-order valence-corrected chi connectivity index (χ4v) is 12.8. The third-order valence-electron chi connectivity index (χ3n) is 5.73. The molecule has 0 spiro atoms. The third kappa shape index (κ3) is 4.26. The van der Waals surface area contributed by atoms with Crippen LogP contribution >= 0.6 is 14.5 Å². The van der Waals surface area contributed by atoms with E-state index in [9.17, 15) is 13.9 Å². The second kappa shape index (κ2) is 9.58. The van der Waals surface area contributed by atoms with Gasteiger partial charge in [0.05, 0.1) is 12.2 Å².